The predicted octanol–water partition coefficient (Wildman–Crippen LogP) is 3.84. The number of hydrogen-bond donors (Lipinski definition) is 3. The Hall–Kier alpha value is -2.24. The van der Waals surface area contributed by atoms with Crippen molar-refractivity contribution in [2.24, 2.45) is 5.92 Å². The standard InChI is InChI=1S/C19H31N3O3/c1-6-15-10-8-9-14(5)17(15)22-18(23)20-12-16(11-13(3)4)21-19(24)25-7-2/h8-10,13,16H,6-7,11-12H2,1-5H3,(H,21,24)(H2,20,22,23)/t16-/m1/s1. The lowest BCUT2D eigenvalue weighted by Crippen LogP contribution is -2.45. The minimum absolute atomic E-state index is 0.174. The number of aryl methyl sites for hydroxylation is 2. The topological polar surface area (TPSA) is 79.5 Å². The molecule has 0 bridgehead atoms. The molecule has 3 N–H and O–H groups in total. The molecule has 1 rings (SSSR count). The van der Waals surface area contributed by atoms with Crippen LogP contribution >= 0.6 is 0 Å². The zero-order valence-corrected chi connectivity index (χ0v) is 15.9. The van der Waals surface area contributed by atoms with Crippen LogP contribution in [0, 0.1) is 12.8 Å². The zero-order valence-electron chi connectivity index (χ0n) is 15.9. The number of ether oxygens (including phenoxy) is 1. The summed E-state index contributed by atoms with van der Waals surface area (Å²) in [4.78, 5) is 23.9. The van der Waals surface area contributed by atoms with Crippen LogP contribution in [-0.4, -0.2) is 31.3 Å². The molecular weight excluding hydrogens is 318 g/mol. The van der Waals surface area contributed by atoms with Crippen molar-refractivity contribution in [1.29, 1.82) is 0 Å². The first-order chi connectivity index (χ1) is 11.9. The third-order valence-electron chi connectivity index (χ3n) is 3.84. The zero-order chi connectivity index (χ0) is 18.8. The molecule has 0 aromatic heterocycles. The highest BCUT2D eigenvalue weighted by molar-refractivity contribution is 5.91. The van der Waals surface area contributed by atoms with Gasteiger partial charge < -0.3 is 20.7 Å². The summed E-state index contributed by atoms with van der Waals surface area (Å²) in [6.45, 7) is 10.6. The number of benzene rings is 1. The molecule has 0 saturated carbocycles. The Balaban J connectivity index is 2.63. The van der Waals surface area contributed by atoms with E-state index in [9.17, 15) is 9.59 Å². The van der Waals surface area contributed by atoms with Crippen molar-refractivity contribution in [3.8, 4) is 0 Å². The largest absolute Gasteiger partial charge is 0.450 e. The quantitative estimate of drug-likeness (QED) is 0.667. The normalized spacial score (nSPS) is 11.8. The summed E-state index contributed by atoms with van der Waals surface area (Å²) < 4.78 is 4.92. The number of carbonyl (C=O) groups excluding carboxylic acids is 2. The van der Waals surface area contributed by atoms with E-state index in [0.717, 1.165) is 29.7 Å². The van der Waals surface area contributed by atoms with Crippen molar-refractivity contribution in [3.63, 3.8) is 0 Å². The second-order valence-corrected chi connectivity index (χ2v) is 6.49. The van der Waals surface area contributed by atoms with Crippen molar-refractivity contribution < 1.29 is 14.3 Å². The van der Waals surface area contributed by atoms with Crippen molar-refractivity contribution in [2.45, 2.75) is 53.5 Å². The average Bonchev–Trinajstić information content (AvgIpc) is 2.54. The molecule has 1 atom stereocenters. The lowest BCUT2D eigenvalue weighted by molar-refractivity contribution is 0.146. The molecule has 0 saturated heterocycles. The molecule has 0 aliphatic heterocycles. The van der Waals surface area contributed by atoms with Gasteiger partial charge in [-0.2, -0.15) is 0 Å². The van der Waals surface area contributed by atoms with Gasteiger partial charge in [0.25, 0.3) is 0 Å². The first-order valence-corrected chi connectivity index (χ1v) is 8.93. The molecular formula is C19H31N3O3. The molecule has 0 aliphatic rings. The van der Waals surface area contributed by atoms with Gasteiger partial charge in [-0.25, -0.2) is 9.59 Å². The molecule has 3 amide bonds. The van der Waals surface area contributed by atoms with Gasteiger partial charge in [-0.05, 0) is 43.7 Å². The highest BCUT2D eigenvalue weighted by atomic mass is 16.5. The second-order valence-electron chi connectivity index (χ2n) is 6.49. The maximum atomic E-state index is 12.3. The fourth-order valence-electron chi connectivity index (χ4n) is 2.68. The van der Waals surface area contributed by atoms with Gasteiger partial charge in [-0.3, -0.25) is 0 Å². The van der Waals surface area contributed by atoms with Crippen LogP contribution in [0.4, 0.5) is 15.3 Å². The monoisotopic (exact) mass is 349 g/mol. The molecule has 0 heterocycles. The van der Waals surface area contributed by atoms with E-state index >= 15 is 0 Å². The van der Waals surface area contributed by atoms with Crippen LogP contribution in [0.3, 0.4) is 0 Å². The van der Waals surface area contributed by atoms with Crippen LogP contribution in [0.2, 0.25) is 0 Å². The predicted molar refractivity (Wildman–Crippen MR) is 101 cm³/mol. The second kappa shape index (κ2) is 10.6. The number of amides is 3. The minimum atomic E-state index is -0.456. The molecule has 25 heavy (non-hydrogen) atoms. The Morgan fingerprint density at radius 1 is 1.20 bits per heavy atom. The van der Waals surface area contributed by atoms with Crippen LogP contribution in [-0.2, 0) is 11.2 Å². The van der Waals surface area contributed by atoms with Gasteiger partial charge in [0.1, 0.15) is 0 Å². The lowest BCUT2D eigenvalue weighted by atomic mass is 10.0. The van der Waals surface area contributed by atoms with E-state index in [4.69, 9.17) is 4.74 Å². The number of rotatable bonds is 8. The van der Waals surface area contributed by atoms with Crippen molar-refractivity contribution >= 4 is 17.8 Å². The van der Waals surface area contributed by atoms with E-state index in [1.54, 1.807) is 6.92 Å². The van der Waals surface area contributed by atoms with Gasteiger partial charge >= 0.3 is 12.1 Å². The summed E-state index contributed by atoms with van der Waals surface area (Å²) in [5, 5.41) is 8.56. The lowest BCUT2D eigenvalue weighted by Gasteiger charge is -2.21. The highest BCUT2D eigenvalue weighted by Gasteiger charge is 2.16. The number of alkyl carbamates (subject to hydrolysis) is 1. The van der Waals surface area contributed by atoms with Gasteiger partial charge in [0.15, 0.2) is 0 Å². The fourth-order valence-corrected chi connectivity index (χ4v) is 2.68. The summed E-state index contributed by atoms with van der Waals surface area (Å²) in [5.74, 6) is 0.389. The smallest absolute Gasteiger partial charge is 0.407 e. The Bertz CT molecular complexity index is 573. The molecule has 6 nitrogen and oxygen atoms in total. The maximum Gasteiger partial charge on any atom is 0.407 e. The number of para-hydroxylation sites is 1. The number of anilines is 1. The fraction of sp³-hybridized carbons (Fsp3) is 0.579. The highest BCUT2D eigenvalue weighted by Crippen LogP contribution is 2.20. The number of urea groups is 1. The molecule has 0 spiro atoms. The van der Waals surface area contributed by atoms with Gasteiger partial charge in [-0.15, -0.1) is 0 Å². The van der Waals surface area contributed by atoms with Crippen LogP contribution < -0.4 is 16.0 Å². The van der Waals surface area contributed by atoms with Crippen LogP contribution in [0.5, 0.6) is 0 Å². The summed E-state index contributed by atoms with van der Waals surface area (Å²) in [6, 6.07) is 5.51. The van der Waals surface area contributed by atoms with Crippen LogP contribution in [0.15, 0.2) is 18.2 Å². The number of carbonyl (C=O) groups is 2. The third kappa shape index (κ3) is 7.45. The van der Waals surface area contributed by atoms with Crippen LogP contribution in [0.25, 0.3) is 0 Å². The molecule has 1 aromatic rings. The van der Waals surface area contributed by atoms with E-state index in [2.05, 4.69) is 36.7 Å². The molecule has 0 radical (unpaired) electrons. The van der Waals surface area contributed by atoms with E-state index < -0.39 is 6.09 Å². The van der Waals surface area contributed by atoms with E-state index in [-0.39, 0.29) is 12.1 Å². The summed E-state index contributed by atoms with van der Waals surface area (Å²) >= 11 is 0. The number of nitrogens with one attached hydrogen (secondary N) is 3. The number of hydrogen-bond acceptors (Lipinski definition) is 3. The Kier molecular flexibility index (Phi) is 8.81. The van der Waals surface area contributed by atoms with Crippen molar-refractivity contribution in [1.82, 2.24) is 10.6 Å². The van der Waals surface area contributed by atoms with Crippen LogP contribution in [0.1, 0.15) is 45.2 Å². The summed E-state index contributed by atoms with van der Waals surface area (Å²) in [6.07, 6.45) is 1.14. The van der Waals surface area contributed by atoms with Gasteiger partial charge in [0.2, 0.25) is 0 Å². The first kappa shape index (κ1) is 20.8. The van der Waals surface area contributed by atoms with E-state index in [0.29, 0.717) is 19.1 Å². The molecule has 140 valence electrons. The molecule has 6 heteroatoms. The van der Waals surface area contributed by atoms with E-state index in [1.165, 1.54) is 0 Å². The van der Waals surface area contributed by atoms with Gasteiger partial charge in [0.05, 0.1) is 6.61 Å². The summed E-state index contributed by atoms with van der Waals surface area (Å²) in [5.41, 5.74) is 2.97. The van der Waals surface area contributed by atoms with Crippen molar-refractivity contribution in [2.75, 3.05) is 18.5 Å². The molecule has 0 fully saturated rings. The molecule has 0 aliphatic carbocycles. The van der Waals surface area contributed by atoms with Crippen molar-refractivity contribution in [3.05, 3.63) is 29.3 Å². The molecule has 1 aromatic carbocycles. The maximum absolute atomic E-state index is 12.3. The Labute approximate surface area is 150 Å². The average molecular weight is 349 g/mol. The van der Waals surface area contributed by atoms with E-state index in [1.807, 2.05) is 25.1 Å². The van der Waals surface area contributed by atoms with Gasteiger partial charge in [-0.1, -0.05) is 39.0 Å². The molecule has 0 unspecified atom stereocenters. The SMILES string of the molecule is CCOC(=O)N[C@@H](CNC(=O)Nc1c(C)cccc1CC)CC(C)C. The Morgan fingerprint density at radius 2 is 1.92 bits per heavy atom. The third-order valence-corrected chi connectivity index (χ3v) is 3.84. The Morgan fingerprint density at radius 3 is 2.52 bits per heavy atom. The summed E-state index contributed by atoms with van der Waals surface area (Å²) in [7, 11) is 0. The van der Waals surface area contributed by atoms with Gasteiger partial charge in [0, 0.05) is 18.3 Å². The first-order valence-electron chi connectivity index (χ1n) is 8.93. The minimum Gasteiger partial charge on any atom is -0.450 e.